The van der Waals surface area contributed by atoms with Crippen molar-refractivity contribution in [3.63, 3.8) is 0 Å². The van der Waals surface area contributed by atoms with Gasteiger partial charge >= 0.3 is 0 Å². The Morgan fingerprint density at radius 3 is 2.85 bits per heavy atom. The van der Waals surface area contributed by atoms with E-state index in [0.717, 1.165) is 12.4 Å². The maximum Gasteiger partial charge on any atom is 0.228 e. The lowest BCUT2D eigenvalue weighted by atomic mass is 10.2. The van der Waals surface area contributed by atoms with Crippen LogP contribution in [0.4, 0.5) is 5.82 Å². The first kappa shape index (κ1) is 8.29. The summed E-state index contributed by atoms with van der Waals surface area (Å²) < 4.78 is 1.73. The van der Waals surface area contributed by atoms with Gasteiger partial charge in [0.05, 0.1) is 6.20 Å². The van der Waals surface area contributed by atoms with Crippen molar-refractivity contribution >= 4 is 11.7 Å². The number of hydrogen-bond acceptors (Lipinski definition) is 2. The van der Waals surface area contributed by atoms with Crippen LogP contribution >= 0.6 is 0 Å². The average Bonchev–Trinajstić information content (AvgIpc) is 2.58. The average molecular weight is 179 g/mol. The van der Waals surface area contributed by atoms with Crippen LogP contribution in [-0.2, 0) is 11.8 Å². The first-order valence-electron chi connectivity index (χ1n) is 4.47. The summed E-state index contributed by atoms with van der Waals surface area (Å²) >= 11 is 0. The van der Waals surface area contributed by atoms with Crippen molar-refractivity contribution in [1.29, 1.82) is 0 Å². The third-order valence-corrected chi connectivity index (χ3v) is 2.39. The molecule has 0 N–H and O–H groups in total. The lowest BCUT2D eigenvalue weighted by Gasteiger charge is -2.15. The molecule has 0 bridgehead atoms. The lowest BCUT2D eigenvalue weighted by molar-refractivity contribution is -0.117. The molecule has 0 saturated carbocycles. The summed E-state index contributed by atoms with van der Waals surface area (Å²) in [6.07, 6.45) is 2.37. The zero-order chi connectivity index (χ0) is 9.42. The summed E-state index contributed by atoms with van der Waals surface area (Å²) in [6, 6.07) is 1.87. The second-order valence-corrected chi connectivity index (χ2v) is 3.63. The molecule has 0 aromatic carbocycles. The normalized spacial score (nSPS) is 22.8. The molecule has 1 aromatic heterocycles. The molecule has 0 radical (unpaired) electrons. The Kier molecular flexibility index (Phi) is 1.83. The van der Waals surface area contributed by atoms with E-state index in [4.69, 9.17) is 0 Å². The third-order valence-electron chi connectivity index (χ3n) is 2.39. The number of aryl methyl sites for hydroxylation is 1. The SMILES string of the molecule is CC1CC(=O)N(c2ccnn2C)C1. The highest BCUT2D eigenvalue weighted by atomic mass is 16.2. The molecule has 1 unspecified atom stereocenters. The van der Waals surface area contributed by atoms with Crippen molar-refractivity contribution in [2.24, 2.45) is 13.0 Å². The molecule has 1 aliphatic heterocycles. The number of carbonyl (C=O) groups excluding carboxylic acids is 1. The van der Waals surface area contributed by atoms with E-state index in [1.165, 1.54) is 0 Å². The molecule has 13 heavy (non-hydrogen) atoms. The Labute approximate surface area is 77.1 Å². The van der Waals surface area contributed by atoms with E-state index in [2.05, 4.69) is 12.0 Å². The van der Waals surface area contributed by atoms with Crippen LogP contribution in [0, 0.1) is 5.92 Å². The van der Waals surface area contributed by atoms with Gasteiger partial charge in [-0.05, 0) is 5.92 Å². The molecule has 1 fully saturated rings. The zero-order valence-corrected chi connectivity index (χ0v) is 7.90. The quantitative estimate of drug-likeness (QED) is 0.639. The molecule has 1 atom stereocenters. The fourth-order valence-corrected chi connectivity index (χ4v) is 1.74. The van der Waals surface area contributed by atoms with Gasteiger partial charge in [0.15, 0.2) is 0 Å². The van der Waals surface area contributed by atoms with Crippen LogP contribution in [0.25, 0.3) is 0 Å². The molecule has 2 rings (SSSR count). The topological polar surface area (TPSA) is 38.1 Å². The number of hydrogen-bond donors (Lipinski definition) is 0. The fourth-order valence-electron chi connectivity index (χ4n) is 1.74. The number of amides is 1. The number of carbonyl (C=O) groups is 1. The highest BCUT2D eigenvalue weighted by Crippen LogP contribution is 2.23. The maximum atomic E-state index is 11.5. The predicted octanol–water partition coefficient (Wildman–Crippen LogP) is 0.793. The van der Waals surface area contributed by atoms with E-state index in [1.54, 1.807) is 15.8 Å². The minimum absolute atomic E-state index is 0.205. The molecule has 2 heterocycles. The minimum atomic E-state index is 0.205. The largest absolute Gasteiger partial charge is 0.297 e. The molecule has 1 aliphatic rings. The Morgan fingerprint density at radius 1 is 1.62 bits per heavy atom. The van der Waals surface area contributed by atoms with Gasteiger partial charge in [-0.1, -0.05) is 6.92 Å². The standard InChI is InChI=1S/C9H13N3O/c1-7-5-9(13)12(6-7)8-3-4-10-11(8)2/h3-4,7H,5-6H2,1-2H3. The molecule has 0 aliphatic carbocycles. The Balaban J connectivity index is 2.27. The Bertz CT molecular complexity index is 331. The van der Waals surface area contributed by atoms with Crippen molar-refractivity contribution in [3.8, 4) is 0 Å². The van der Waals surface area contributed by atoms with E-state index in [-0.39, 0.29) is 5.91 Å². The van der Waals surface area contributed by atoms with Gasteiger partial charge in [-0.3, -0.25) is 14.4 Å². The van der Waals surface area contributed by atoms with Crippen LogP contribution in [0.1, 0.15) is 13.3 Å². The number of anilines is 1. The van der Waals surface area contributed by atoms with E-state index >= 15 is 0 Å². The number of aromatic nitrogens is 2. The summed E-state index contributed by atoms with van der Waals surface area (Å²) in [4.78, 5) is 13.3. The number of rotatable bonds is 1. The summed E-state index contributed by atoms with van der Waals surface area (Å²) in [5.74, 6) is 1.56. The van der Waals surface area contributed by atoms with Crippen molar-refractivity contribution in [1.82, 2.24) is 9.78 Å². The van der Waals surface area contributed by atoms with Crippen molar-refractivity contribution < 1.29 is 4.79 Å². The molecule has 70 valence electrons. The van der Waals surface area contributed by atoms with Crippen molar-refractivity contribution in [3.05, 3.63) is 12.3 Å². The van der Waals surface area contributed by atoms with E-state index in [0.29, 0.717) is 12.3 Å². The third kappa shape index (κ3) is 1.32. The summed E-state index contributed by atoms with van der Waals surface area (Å²) in [5, 5.41) is 4.04. The van der Waals surface area contributed by atoms with Gasteiger partial charge in [-0.25, -0.2) is 0 Å². The smallest absolute Gasteiger partial charge is 0.228 e. The van der Waals surface area contributed by atoms with Crippen molar-refractivity contribution in [2.45, 2.75) is 13.3 Å². The number of nitrogens with zero attached hydrogens (tertiary/aromatic N) is 3. The van der Waals surface area contributed by atoms with Crippen LogP contribution in [0.5, 0.6) is 0 Å². The molecular weight excluding hydrogens is 166 g/mol. The second-order valence-electron chi connectivity index (χ2n) is 3.63. The highest BCUT2D eigenvalue weighted by Gasteiger charge is 2.28. The summed E-state index contributed by atoms with van der Waals surface area (Å²) in [6.45, 7) is 2.91. The monoisotopic (exact) mass is 179 g/mol. The van der Waals surface area contributed by atoms with E-state index in [1.807, 2.05) is 13.1 Å². The molecule has 4 nitrogen and oxygen atoms in total. The van der Waals surface area contributed by atoms with Gasteiger partial charge in [0.2, 0.25) is 5.91 Å². The second kappa shape index (κ2) is 2.87. The van der Waals surface area contributed by atoms with Crippen molar-refractivity contribution in [2.75, 3.05) is 11.4 Å². The van der Waals surface area contributed by atoms with Crippen LogP contribution in [-0.4, -0.2) is 22.2 Å². The van der Waals surface area contributed by atoms with Crippen LogP contribution in [0.2, 0.25) is 0 Å². The van der Waals surface area contributed by atoms with Crippen LogP contribution < -0.4 is 4.90 Å². The van der Waals surface area contributed by atoms with Gasteiger partial charge in [-0.2, -0.15) is 5.10 Å². The van der Waals surface area contributed by atoms with Gasteiger partial charge in [-0.15, -0.1) is 0 Å². The van der Waals surface area contributed by atoms with Gasteiger partial charge in [0.1, 0.15) is 5.82 Å². The molecule has 1 saturated heterocycles. The first-order valence-corrected chi connectivity index (χ1v) is 4.47. The maximum absolute atomic E-state index is 11.5. The predicted molar refractivity (Wildman–Crippen MR) is 49.3 cm³/mol. The van der Waals surface area contributed by atoms with Gasteiger partial charge in [0.25, 0.3) is 0 Å². The minimum Gasteiger partial charge on any atom is -0.297 e. The van der Waals surface area contributed by atoms with Gasteiger partial charge in [0, 0.05) is 26.1 Å². The zero-order valence-electron chi connectivity index (χ0n) is 7.90. The van der Waals surface area contributed by atoms with Gasteiger partial charge < -0.3 is 0 Å². The fraction of sp³-hybridized carbons (Fsp3) is 0.556. The summed E-state index contributed by atoms with van der Waals surface area (Å²) in [7, 11) is 1.85. The molecule has 1 amide bonds. The Hall–Kier alpha value is -1.32. The Morgan fingerprint density at radius 2 is 2.38 bits per heavy atom. The van der Waals surface area contributed by atoms with E-state index < -0.39 is 0 Å². The molecular formula is C9H13N3O. The first-order chi connectivity index (χ1) is 6.18. The van der Waals surface area contributed by atoms with E-state index in [9.17, 15) is 4.79 Å². The lowest BCUT2D eigenvalue weighted by Crippen LogP contribution is -2.26. The van der Waals surface area contributed by atoms with Crippen LogP contribution in [0.15, 0.2) is 12.3 Å². The highest BCUT2D eigenvalue weighted by molar-refractivity contribution is 5.94. The molecule has 1 aromatic rings. The summed E-state index contributed by atoms with van der Waals surface area (Å²) in [5.41, 5.74) is 0. The van der Waals surface area contributed by atoms with Crippen LogP contribution in [0.3, 0.4) is 0 Å². The molecule has 4 heteroatoms. The molecule has 0 spiro atoms.